The molecule has 1 saturated heterocycles. The number of aromatic nitrogens is 2. The van der Waals surface area contributed by atoms with Gasteiger partial charge in [-0.3, -0.25) is 0 Å². The first-order valence-electron chi connectivity index (χ1n) is 8.59. The van der Waals surface area contributed by atoms with Crippen LogP contribution in [0.2, 0.25) is 0 Å². The van der Waals surface area contributed by atoms with Gasteiger partial charge in [-0.05, 0) is 36.8 Å². The smallest absolute Gasteiger partial charge is 0.231 e. The monoisotopic (exact) mass is 335 g/mol. The van der Waals surface area contributed by atoms with Gasteiger partial charge in [0.1, 0.15) is 0 Å². The summed E-state index contributed by atoms with van der Waals surface area (Å²) < 4.78 is 10.8. The van der Waals surface area contributed by atoms with Crippen LogP contribution in [0.3, 0.4) is 0 Å². The molecule has 0 radical (unpaired) electrons. The minimum atomic E-state index is 0.635. The number of morpholine rings is 1. The Bertz CT molecular complexity index is 819. The lowest BCUT2D eigenvalue weighted by Crippen LogP contribution is -2.36. The third kappa shape index (κ3) is 3.72. The fourth-order valence-electron chi connectivity index (χ4n) is 2.97. The summed E-state index contributed by atoms with van der Waals surface area (Å²) in [6.07, 6.45) is 0.652. The van der Waals surface area contributed by atoms with E-state index in [0.29, 0.717) is 18.1 Å². The normalized spacial score (nSPS) is 14.7. The minimum Gasteiger partial charge on any atom is -0.378 e. The van der Waals surface area contributed by atoms with Crippen molar-refractivity contribution in [3.05, 3.63) is 65.5 Å². The van der Waals surface area contributed by atoms with Crippen molar-refractivity contribution in [2.45, 2.75) is 13.3 Å². The summed E-state index contributed by atoms with van der Waals surface area (Å²) in [4.78, 5) is 6.85. The molecular weight excluding hydrogens is 314 g/mol. The predicted molar refractivity (Wildman–Crippen MR) is 96.8 cm³/mol. The summed E-state index contributed by atoms with van der Waals surface area (Å²) in [7, 11) is 0. The molecule has 0 unspecified atom stereocenters. The van der Waals surface area contributed by atoms with Crippen LogP contribution in [0.5, 0.6) is 0 Å². The van der Waals surface area contributed by atoms with Crippen molar-refractivity contribution >= 4 is 5.69 Å². The zero-order chi connectivity index (χ0) is 17.1. The maximum absolute atomic E-state index is 5.41. The maximum Gasteiger partial charge on any atom is 0.231 e. The van der Waals surface area contributed by atoms with Crippen LogP contribution in [0, 0.1) is 6.92 Å². The van der Waals surface area contributed by atoms with E-state index in [-0.39, 0.29) is 0 Å². The molecule has 5 nitrogen and oxygen atoms in total. The van der Waals surface area contributed by atoms with Crippen LogP contribution >= 0.6 is 0 Å². The third-order valence-corrected chi connectivity index (χ3v) is 4.45. The Balaban J connectivity index is 1.46. The van der Waals surface area contributed by atoms with Crippen molar-refractivity contribution in [2.75, 3.05) is 31.2 Å². The van der Waals surface area contributed by atoms with Crippen molar-refractivity contribution in [1.82, 2.24) is 10.1 Å². The molecule has 0 atom stereocenters. The van der Waals surface area contributed by atoms with Crippen molar-refractivity contribution in [1.29, 1.82) is 0 Å². The van der Waals surface area contributed by atoms with E-state index in [4.69, 9.17) is 9.26 Å². The molecule has 0 N–H and O–H groups in total. The van der Waals surface area contributed by atoms with Crippen LogP contribution in [0.15, 0.2) is 53.1 Å². The average molecular weight is 335 g/mol. The number of anilines is 1. The molecule has 5 heteroatoms. The summed E-state index contributed by atoms with van der Waals surface area (Å²) in [5.41, 5.74) is 4.59. The molecule has 2 aromatic carbocycles. The van der Waals surface area contributed by atoms with Gasteiger partial charge in [-0.1, -0.05) is 35.0 Å². The number of benzene rings is 2. The predicted octanol–water partition coefficient (Wildman–Crippen LogP) is 3.47. The number of nitrogens with zero attached hydrogens (tertiary/aromatic N) is 3. The van der Waals surface area contributed by atoms with Crippen molar-refractivity contribution in [3.63, 3.8) is 0 Å². The molecule has 0 aliphatic carbocycles. The second kappa shape index (κ2) is 7.07. The summed E-state index contributed by atoms with van der Waals surface area (Å²) >= 11 is 0. The van der Waals surface area contributed by atoms with Gasteiger partial charge in [-0.15, -0.1) is 0 Å². The number of hydrogen-bond donors (Lipinski definition) is 0. The number of hydrogen-bond acceptors (Lipinski definition) is 5. The lowest BCUT2D eigenvalue weighted by molar-refractivity contribution is 0.122. The SMILES string of the molecule is Cc1ccc(Cc2nc(-c3ccc(N4CCOCC4)cc3)no2)cc1. The first-order chi connectivity index (χ1) is 12.3. The van der Waals surface area contributed by atoms with Crippen molar-refractivity contribution in [3.8, 4) is 11.4 Å². The highest BCUT2D eigenvalue weighted by atomic mass is 16.5. The molecule has 0 spiro atoms. The van der Waals surface area contributed by atoms with Gasteiger partial charge in [0.05, 0.1) is 19.6 Å². The highest BCUT2D eigenvalue weighted by Gasteiger charge is 2.13. The Morgan fingerprint density at radius 2 is 1.68 bits per heavy atom. The first-order valence-corrected chi connectivity index (χ1v) is 8.59. The molecule has 4 rings (SSSR count). The number of ether oxygens (including phenoxy) is 1. The van der Waals surface area contributed by atoms with E-state index < -0.39 is 0 Å². The van der Waals surface area contributed by atoms with Gasteiger partial charge in [0.25, 0.3) is 0 Å². The molecule has 0 amide bonds. The molecule has 3 aromatic rings. The topological polar surface area (TPSA) is 51.4 Å². The Labute approximate surface area is 147 Å². The third-order valence-electron chi connectivity index (χ3n) is 4.45. The van der Waals surface area contributed by atoms with Gasteiger partial charge >= 0.3 is 0 Å². The molecule has 2 heterocycles. The van der Waals surface area contributed by atoms with Crippen LogP contribution < -0.4 is 4.90 Å². The highest BCUT2D eigenvalue weighted by Crippen LogP contribution is 2.22. The van der Waals surface area contributed by atoms with E-state index in [1.54, 1.807) is 0 Å². The van der Waals surface area contributed by atoms with Gasteiger partial charge in [0.2, 0.25) is 11.7 Å². The van der Waals surface area contributed by atoms with Gasteiger partial charge in [-0.2, -0.15) is 4.98 Å². The first kappa shape index (κ1) is 15.8. The number of rotatable bonds is 4. The van der Waals surface area contributed by atoms with E-state index >= 15 is 0 Å². The molecule has 128 valence electrons. The Morgan fingerprint density at radius 1 is 0.960 bits per heavy atom. The largest absolute Gasteiger partial charge is 0.378 e. The van der Waals surface area contributed by atoms with E-state index in [0.717, 1.165) is 31.9 Å². The Kier molecular flexibility index (Phi) is 4.48. The van der Waals surface area contributed by atoms with Crippen molar-refractivity contribution < 1.29 is 9.26 Å². The van der Waals surface area contributed by atoms with Gasteiger partial charge in [-0.25, -0.2) is 0 Å². The van der Waals surface area contributed by atoms with Gasteiger partial charge in [0.15, 0.2) is 0 Å². The fraction of sp³-hybridized carbons (Fsp3) is 0.300. The fourth-order valence-corrected chi connectivity index (χ4v) is 2.97. The van der Waals surface area contributed by atoms with Gasteiger partial charge in [0, 0.05) is 24.3 Å². The molecule has 1 fully saturated rings. The van der Waals surface area contributed by atoms with Crippen LogP contribution in [-0.2, 0) is 11.2 Å². The van der Waals surface area contributed by atoms with Gasteiger partial charge < -0.3 is 14.2 Å². The molecule has 1 aliphatic rings. The second-order valence-corrected chi connectivity index (χ2v) is 6.32. The van der Waals surface area contributed by atoms with Crippen LogP contribution in [0.1, 0.15) is 17.0 Å². The highest BCUT2D eigenvalue weighted by molar-refractivity contribution is 5.60. The summed E-state index contributed by atoms with van der Waals surface area (Å²) in [5.74, 6) is 1.27. The van der Waals surface area contributed by atoms with E-state index in [1.807, 2.05) is 12.1 Å². The standard InChI is InChI=1S/C20H21N3O2/c1-15-2-4-16(5-3-15)14-19-21-20(22-25-19)17-6-8-18(9-7-17)23-10-12-24-13-11-23/h2-9H,10-14H2,1H3. The zero-order valence-corrected chi connectivity index (χ0v) is 14.3. The van der Waals surface area contributed by atoms with Crippen LogP contribution in [0.25, 0.3) is 11.4 Å². The summed E-state index contributed by atoms with van der Waals surface area (Å²) in [6, 6.07) is 16.7. The van der Waals surface area contributed by atoms with Crippen molar-refractivity contribution in [2.24, 2.45) is 0 Å². The summed E-state index contributed by atoms with van der Waals surface area (Å²) in [6.45, 7) is 5.52. The molecular formula is C20H21N3O2. The molecule has 0 bridgehead atoms. The molecule has 0 saturated carbocycles. The van der Waals surface area contributed by atoms with E-state index in [9.17, 15) is 0 Å². The quantitative estimate of drug-likeness (QED) is 0.731. The van der Waals surface area contributed by atoms with E-state index in [2.05, 4.69) is 58.4 Å². The zero-order valence-electron chi connectivity index (χ0n) is 14.3. The Morgan fingerprint density at radius 3 is 2.40 bits per heavy atom. The number of aryl methyl sites for hydroxylation is 1. The molecule has 1 aliphatic heterocycles. The minimum absolute atomic E-state index is 0.635. The maximum atomic E-state index is 5.41. The average Bonchev–Trinajstić information content (AvgIpc) is 3.13. The molecule has 1 aromatic heterocycles. The van der Waals surface area contributed by atoms with Crippen LogP contribution in [-0.4, -0.2) is 36.4 Å². The molecule has 25 heavy (non-hydrogen) atoms. The second-order valence-electron chi connectivity index (χ2n) is 6.32. The van der Waals surface area contributed by atoms with Crippen LogP contribution in [0.4, 0.5) is 5.69 Å². The van der Waals surface area contributed by atoms with E-state index in [1.165, 1.54) is 16.8 Å². The Hall–Kier alpha value is -2.66. The lowest BCUT2D eigenvalue weighted by atomic mass is 10.1. The summed E-state index contributed by atoms with van der Waals surface area (Å²) in [5, 5.41) is 4.12. The lowest BCUT2D eigenvalue weighted by Gasteiger charge is -2.28.